The first kappa shape index (κ1) is 13.9. The van der Waals surface area contributed by atoms with Gasteiger partial charge in [0, 0.05) is 20.6 Å². The van der Waals surface area contributed by atoms with Crippen LogP contribution in [0.1, 0.15) is 17.2 Å². The number of nitrogens with two attached hydrogens (primary N) is 1. The maximum Gasteiger partial charge on any atom is 0.0454 e. The van der Waals surface area contributed by atoms with Crippen molar-refractivity contribution in [1.29, 1.82) is 0 Å². The minimum Gasteiger partial charge on any atom is -0.324 e. The van der Waals surface area contributed by atoms with Crippen LogP contribution in [0.15, 0.2) is 46.9 Å². The van der Waals surface area contributed by atoms with Crippen molar-refractivity contribution in [2.45, 2.75) is 12.5 Å². The van der Waals surface area contributed by atoms with E-state index >= 15 is 0 Å². The molecule has 0 fully saturated rings. The molecule has 0 saturated carbocycles. The summed E-state index contributed by atoms with van der Waals surface area (Å²) in [4.78, 5) is 0. The first-order valence-corrected chi connectivity index (χ1v) is 7.06. The molecule has 1 unspecified atom stereocenters. The molecule has 2 aromatic carbocycles. The molecule has 0 bridgehead atoms. The van der Waals surface area contributed by atoms with Crippen LogP contribution in [0.25, 0.3) is 0 Å². The summed E-state index contributed by atoms with van der Waals surface area (Å²) in [5, 5.41) is 1.31. The van der Waals surface area contributed by atoms with E-state index in [0.717, 1.165) is 16.5 Å². The van der Waals surface area contributed by atoms with Crippen LogP contribution in [-0.4, -0.2) is 0 Å². The Bertz CT molecular complexity index is 540. The van der Waals surface area contributed by atoms with Crippen molar-refractivity contribution in [2.24, 2.45) is 5.73 Å². The van der Waals surface area contributed by atoms with Crippen molar-refractivity contribution in [2.75, 3.05) is 0 Å². The molecule has 0 aliphatic rings. The van der Waals surface area contributed by atoms with Gasteiger partial charge < -0.3 is 5.73 Å². The van der Waals surface area contributed by atoms with Crippen LogP contribution >= 0.6 is 39.1 Å². The summed E-state index contributed by atoms with van der Waals surface area (Å²) in [7, 11) is 0. The van der Waals surface area contributed by atoms with E-state index in [1.807, 2.05) is 30.3 Å². The van der Waals surface area contributed by atoms with E-state index in [4.69, 9.17) is 28.9 Å². The zero-order valence-electron chi connectivity index (χ0n) is 9.54. The minimum atomic E-state index is -0.155. The van der Waals surface area contributed by atoms with Gasteiger partial charge in [0.25, 0.3) is 0 Å². The maximum absolute atomic E-state index is 6.18. The maximum atomic E-state index is 6.18. The third kappa shape index (κ3) is 3.48. The third-order valence-corrected chi connectivity index (χ3v) is 3.83. The Balaban J connectivity index is 2.18. The fraction of sp³-hybridized carbons (Fsp3) is 0.143. The first-order chi connectivity index (χ1) is 8.56. The van der Waals surface area contributed by atoms with Crippen molar-refractivity contribution >= 4 is 39.1 Å². The van der Waals surface area contributed by atoms with Gasteiger partial charge in [-0.05, 0) is 47.9 Å². The fourth-order valence-electron chi connectivity index (χ4n) is 1.78. The van der Waals surface area contributed by atoms with E-state index in [1.54, 1.807) is 12.1 Å². The molecule has 0 saturated heterocycles. The molecule has 0 radical (unpaired) electrons. The lowest BCUT2D eigenvalue weighted by Crippen LogP contribution is -2.13. The smallest absolute Gasteiger partial charge is 0.0454 e. The van der Waals surface area contributed by atoms with Gasteiger partial charge in [0.2, 0.25) is 0 Å². The highest BCUT2D eigenvalue weighted by atomic mass is 79.9. The molecule has 94 valence electrons. The molecule has 1 atom stereocenters. The van der Waals surface area contributed by atoms with Gasteiger partial charge >= 0.3 is 0 Å². The second kappa shape index (κ2) is 6.07. The van der Waals surface area contributed by atoms with Crippen LogP contribution in [0.2, 0.25) is 10.0 Å². The van der Waals surface area contributed by atoms with Crippen molar-refractivity contribution in [3.8, 4) is 0 Å². The normalized spacial score (nSPS) is 12.4. The van der Waals surface area contributed by atoms with Gasteiger partial charge in [0.05, 0.1) is 0 Å². The van der Waals surface area contributed by atoms with Crippen molar-refractivity contribution in [1.82, 2.24) is 0 Å². The molecule has 0 aliphatic carbocycles. The van der Waals surface area contributed by atoms with E-state index in [2.05, 4.69) is 15.9 Å². The van der Waals surface area contributed by atoms with E-state index in [-0.39, 0.29) is 6.04 Å². The van der Waals surface area contributed by atoms with Gasteiger partial charge in [-0.1, -0.05) is 51.3 Å². The summed E-state index contributed by atoms with van der Waals surface area (Å²) in [5.74, 6) is 0. The van der Waals surface area contributed by atoms with E-state index in [9.17, 15) is 0 Å². The molecule has 0 spiro atoms. The molecule has 2 rings (SSSR count). The first-order valence-electron chi connectivity index (χ1n) is 5.51. The monoisotopic (exact) mass is 343 g/mol. The summed E-state index contributed by atoms with van der Waals surface area (Å²) in [6.07, 6.45) is 0.730. The van der Waals surface area contributed by atoms with E-state index < -0.39 is 0 Å². The SMILES string of the molecule is NC(Cc1ccc(Br)cc1)c1cc(Cl)ccc1Cl. The largest absolute Gasteiger partial charge is 0.324 e. The second-order valence-corrected chi connectivity index (χ2v) is 5.86. The van der Waals surface area contributed by atoms with Crippen LogP contribution < -0.4 is 5.73 Å². The molecular formula is C14H12BrCl2N. The predicted molar refractivity (Wildman–Crippen MR) is 81.2 cm³/mol. The predicted octanol–water partition coefficient (Wildman–Crippen LogP) is 5.00. The second-order valence-electron chi connectivity index (χ2n) is 4.10. The number of hydrogen-bond donors (Lipinski definition) is 1. The van der Waals surface area contributed by atoms with Crippen LogP contribution in [0.4, 0.5) is 0 Å². The molecule has 0 amide bonds. The topological polar surface area (TPSA) is 26.0 Å². The van der Waals surface area contributed by atoms with Crippen molar-refractivity contribution in [3.63, 3.8) is 0 Å². The molecule has 0 aliphatic heterocycles. The van der Waals surface area contributed by atoms with Gasteiger partial charge in [-0.15, -0.1) is 0 Å². The lowest BCUT2D eigenvalue weighted by molar-refractivity contribution is 0.722. The van der Waals surface area contributed by atoms with Gasteiger partial charge in [-0.2, -0.15) is 0 Å². The van der Waals surface area contributed by atoms with Gasteiger partial charge in [-0.3, -0.25) is 0 Å². The Labute approximate surface area is 125 Å². The lowest BCUT2D eigenvalue weighted by atomic mass is 10.00. The van der Waals surface area contributed by atoms with E-state index in [1.165, 1.54) is 5.56 Å². The third-order valence-electron chi connectivity index (χ3n) is 2.73. The minimum absolute atomic E-state index is 0.155. The molecule has 0 aromatic heterocycles. The molecule has 2 N–H and O–H groups in total. The number of rotatable bonds is 3. The van der Waals surface area contributed by atoms with E-state index in [0.29, 0.717) is 10.0 Å². The molecule has 4 heteroatoms. The Morgan fingerprint density at radius 3 is 2.39 bits per heavy atom. The highest BCUT2D eigenvalue weighted by Crippen LogP contribution is 2.27. The quantitative estimate of drug-likeness (QED) is 0.833. The zero-order chi connectivity index (χ0) is 13.1. The summed E-state index contributed by atoms with van der Waals surface area (Å²) < 4.78 is 1.06. The summed E-state index contributed by atoms with van der Waals surface area (Å²) in [6.45, 7) is 0. The van der Waals surface area contributed by atoms with Crippen LogP contribution in [0.5, 0.6) is 0 Å². The highest BCUT2D eigenvalue weighted by Gasteiger charge is 2.11. The van der Waals surface area contributed by atoms with Gasteiger partial charge in [0.15, 0.2) is 0 Å². The Kier molecular flexibility index (Phi) is 4.68. The number of benzene rings is 2. The van der Waals surface area contributed by atoms with Crippen LogP contribution in [0.3, 0.4) is 0 Å². The molecule has 18 heavy (non-hydrogen) atoms. The van der Waals surface area contributed by atoms with Crippen molar-refractivity contribution in [3.05, 3.63) is 68.1 Å². The fourth-order valence-corrected chi connectivity index (χ4v) is 2.49. The number of hydrogen-bond acceptors (Lipinski definition) is 1. The van der Waals surface area contributed by atoms with Gasteiger partial charge in [-0.25, -0.2) is 0 Å². The van der Waals surface area contributed by atoms with Crippen LogP contribution in [0, 0.1) is 0 Å². The molecule has 0 heterocycles. The Morgan fingerprint density at radius 2 is 1.72 bits per heavy atom. The average Bonchev–Trinajstić information content (AvgIpc) is 2.35. The summed E-state index contributed by atoms with van der Waals surface area (Å²) >= 11 is 15.5. The standard InChI is InChI=1S/C14H12BrCl2N/c15-10-3-1-9(2-4-10)7-14(18)12-8-11(16)5-6-13(12)17/h1-6,8,14H,7,18H2. The molecular weight excluding hydrogens is 333 g/mol. The average molecular weight is 345 g/mol. The molecule has 1 nitrogen and oxygen atoms in total. The zero-order valence-corrected chi connectivity index (χ0v) is 12.6. The Morgan fingerprint density at radius 1 is 1.06 bits per heavy atom. The van der Waals surface area contributed by atoms with Gasteiger partial charge in [0.1, 0.15) is 0 Å². The molecule has 2 aromatic rings. The highest BCUT2D eigenvalue weighted by molar-refractivity contribution is 9.10. The summed E-state index contributed by atoms with van der Waals surface area (Å²) in [5.41, 5.74) is 8.23. The van der Waals surface area contributed by atoms with Crippen LogP contribution in [-0.2, 0) is 6.42 Å². The summed E-state index contributed by atoms with van der Waals surface area (Å²) in [6, 6.07) is 13.3. The van der Waals surface area contributed by atoms with Crippen molar-refractivity contribution < 1.29 is 0 Å². The lowest BCUT2D eigenvalue weighted by Gasteiger charge is -2.14. The Hall–Kier alpha value is -0.540. The number of halogens is 3.